The van der Waals surface area contributed by atoms with E-state index >= 15 is 0 Å². The highest BCUT2D eigenvalue weighted by atomic mass is 32.1. The minimum Gasteiger partial charge on any atom is -0.292 e. The van der Waals surface area contributed by atoms with Crippen molar-refractivity contribution in [3.8, 4) is 22.3 Å². The average Bonchev–Trinajstić information content (AvgIpc) is 3.72. The molecule has 7 aromatic carbocycles. The van der Waals surface area contributed by atoms with Crippen LogP contribution in [0.5, 0.6) is 0 Å². The molecule has 0 atom stereocenters. The van der Waals surface area contributed by atoms with Crippen molar-refractivity contribution < 1.29 is 0 Å². The Labute approximate surface area is 279 Å². The summed E-state index contributed by atoms with van der Waals surface area (Å²) in [4.78, 5) is 10.3. The molecule has 3 nitrogen and oxygen atoms in total. The zero-order valence-corrected chi connectivity index (χ0v) is 26.5. The van der Waals surface area contributed by atoms with E-state index in [-0.39, 0.29) is 0 Å². The zero-order chi connectivity index (χ0) is 31.3. The van der Waals surface area contributed by atoms with E-state index in [4.69, 9.17) is 9.97 Å². The maximum atomic E-state index is 5.18. The molecule has 0 aliphatic rings. The minimum absolute atomic E-state index is 1.00. The summed E-state index contributed by atoms with van der Waals surface area (Å²) >= 11 is 1.83. The van der Waals surface area contributed by atoms with Gasteiger partial charge in [0.2, 0.25) is 0 Å². The van der Waals surface area contributed by atoms with Gasteiger partial charge in [-0.3, -0.25) is 4.40 Å². The van der Waals surface area contributed by atoms with Gasteiger partial charge < -0.3 is 0 Å². The van der Waals surface area contributed by atoms with E-state index in [0.717, 1.165) is 33.2 Å². The molecule has 0 unspecified atom stereocenters. The summed E-state index contributed by atoms with van der Waals surface area (Å²) in [6.07, 6.45) is 0. The Bertz CT molecular complexity index is 3110. The Morgan fingerprint density at radius 3 is 2.06 bits per heavy atom. The molecule has 4 aromatic heterocycles. The monoisotopic (exact) mass is 627 g/mol. The molecule has 11 rings (SSSR count). The summed E-state index contributed by atoms with van der Waals surface area (Å²) in [5, 5.41) is 8.49. The van der Waals surface area contributed by atoms with Crippen LogP contribution in [0.1, 0.15) is 0 Å². The van der Waals surface area contributed by atoms with E-state index in [1.165, 1.54) is 69.4 Å². The Kier molecular flexibility index (Phi) is 5.26. The van der Waals surface area contributed by atoms with Gasteiger partial charge >= 0.3 is 0 Å². The molecule has 0 saturated heterocycles. The lowest BCUT2D eigenvalue weighted by Gasteiger charge is -2.13. The van der Waals surface area contributed by atoms with Gasteiger partial charge in [-0.1, -0.05) is 115 Å². The van der Waals surface area contributed by atoms with Gasteiger partial charge in [0.15, 0.2) is 0 Å². The van der Waals surface area contributed by atoms with E-state index in [1.807, 2.05) is 11.3 Å². The van der Waals surface area contributed by atoms with E-state index in [2.05, 4.69) is 156 Å². The van der Waals surface area contributed by atoms with Gasteiger partial charge in [-0.05, 0) is 69.2 Å². The van der Waals surface area contributed by atoms with E-state index in [0.29, 0.717) is 0 Å². The number of hydrogen-bond acceptors (Lipinski definition) is 3. The average molecular weight is 628 g/mol. The molecular formula is C44H25N3S. The van der Waals surface area contributed by atoms with Crippen molar-refractivity contribution in [1.29, 1.82) is 0 Å². The van der Waals surface area contributed by atoms with Gasteiger partial charge in [0.25, 0.3) is 0 Å². The first-order valence-corrected chi connectivity index (χ1v) is 17.1. The second-order valence-electron chi connectivity index (χ2n) is 12.6. The summed E-state index contributed by atoms with van der Waals surface area (Å²) in [5.41, 5.74) is 11.3. The molecular weight excluding hydrogens is 603 g/mol. The Morgan fingerprint density at radius 1 is 0.458 bits per heavy atom. The van der Waals surface area contributed by atoms with Crippen molar-refractivity contribution in [2.24, 2.45) is 0 Å². The van der Waals surface area contributed by atoms with Gasteiger partial charge in [-0.2, -0.15) is 0 Å². The van der Waals surface area contributed by atoms with Crippen LogP contribution in [0.2, 0.25) is 0 Å². The number of imidazole rings is 1. The fourth-order valence-corrected chi connectivity index (χ4v) is 8.98. The molecule has 4 heterocycles. The van der Waals surface area contributed by atoms with Crippen LogP contribution in [0.25, 0.3) is 103 Å². The molecule has 0 N–H and O–H groups in total. The van der Waals surface area contributed by atoms with Crippen LogP contribution in [0.4, 0.5) is 0 Å². The minimum atomic E-state index is 1.00. The molecule has 0 fully saturated rings. The van der Waals surface area contributed by atoms with Gasteiger partial charge in [-0.15, -0.1) is 11.3 Å². The van der Waals surface area contributed by atoms with Crippen molar-refractivity contribution in [3.05, 3.63) is 152 Å². The largest absolute Gasteiger partial charge is 0.292 e. The highest BCUT2D eigenvalue weighted by Gasteiger charge is 2.18. The predicted octanol–water partition coefficient (Wildman–Crippen LogP) is 12.2. The Morgan fingerprint density at radius 2 is 1.17 bits per heavy atom. The smallest absolute Gasteiger partial charge is 0.147 e. The van der Waals surface area contributed by atoms with Crippen LogP contribution in [-0.2, 0) is 0 Å². The topological polar surface area (TPSA) is 30.2 Å². The van der Waals surface area contributed by atoms with Gasteiger partial charge in [0.1, 0.15) is 5.65 Å². The number of thiophene rings is 1. The lowest BCUT2D eigenvalue weighted by molar-refractivity contribution is 1.32. The standard InChI is InChI=1S/C44H25N3S/c1-2-10-30-27(9-1)21-23-31-34-25-29(22-24-37(34)47-38-15-7-6-14-36(38)46-44(47)41(30)31)26-17-19-28(20-18-26)40-32-11-3-5-13-35(32)45-42-33-12-4-8-16-39(33)48-43(40)42/h1-25H. The van der Waals surface area contributed by atoms with Crippen LogP contribution < -0.4 is 0 Å². The number of nitrogens with zero attached hydrogens (tertiary/aromatic N) is 3. The first-order chi connectivity index (χ1) is 23.8. The molecule has 48 heavy (non-hydrogen) atoms. The number of rotatable bonds is 2. The lowest BCUT2D eigenvalue weighted by Crippen LogP contribution is -1.93. The molecule has 11 aromatic rings. The summed E-state index contributed by atoms with van der Waals surface area (Å²) in [6.45, 7) is 0. The summed E-state index contributed by atoms with van der Waals surface area (Å²) in [7, 11) is 0. The summed E-state index contributed by atoms with van der Waals surface area (Å²) in [5.74, 6) is 0. The third-order valence-electron chi connectivity index (χ3n) is 9.95. The molecule has 222 valence electrons. The molecule has 0 amide bonds. The maximum Gasteiger partial charge on any atom is 0.147 e. The first-order valence-electron chi connectivity index (χ1n) is 16.3. The van der Waals surface area contributed by atoms with Crippen LogP contribution in [0.3, 0.4) is 0 Å². The van der Waals surface area contributed by atoms with Crippen molar-refractivity contribution in [3.63, 3.8) is 0 Å². The van der Waals surface area contributed by atoms with Crippen molar-refractivity contribution in [2.45, 2.75) is 0 Å². The fraction of sp³-hybridized carbons (Fsp3) is 0. The molecule has 4 heteroatoms. The Hall–Kier alpha value is -6.10. The third kappa shape index (κ3) is 3.58. The highest BCUT2D eigenvalue weighted by molar-refractivity contribution is 7.26. The van der Waals surface area contributed by atoms with E-state index < -0.39 is 0 Å². The van der Waals surface area contributed by atoms with E-state index in [1.54, 1.807) is 0 Å². The third-order valence-corrected chi connectivity index (χ3v) is 11.1. The first kappa shape index (κ1) is 26.0. The highest BCUT2D eigenvalue weighted by Crippen LogP contribution is 2.43. The number of aromatic nitrogens is 3. The fourth-order valence-electron chi connectivity index (χ4n) is 7.75. The van der Waals surface area contributed by atoms with Gasteiger partial charge in [-0.25, -0.2) is 9.97 Å². The van der Waals surface area contributed by atoms with E-state index in [9.17, 15) is 0 Å². The van der Waals surface area contributed by atoms with Crippen LogP contribution >= 0.6 is 11.3 Å². The molecule has 0 spiro atoms. The SMILES string of the molecule is c1ccc2c(c1)ccc1c3cc(-c4ccc(-c5c6ccccc6nc6c5sc5ccccc56)cc4)ccc3n3c4ccccc4nc3c21. The van der Waals surface area contributed by atoms with Crippen LogP contribution in [0.15, 0.2) is 152 Å². The second-order valence-corrected chi connectivity index (χ2v) is 13.6. The van der Waals surface area contributed by atoms with Crippen LogP contribution in [0, 0.1) is 0 Å². The molecule has 0 bridgehead atoms. The predicted molar refractivity (Wildman–Crippen MR) is 204 cm³/mol. The van der Waals surface area contributed by atoms with Gasteiger partial charge in [0, 0.05) is 31.8 Å². The van der Waals surface area contributed by atoms with Crippen LogP contribution in [-0.4, -0.2) is 14.4 Å². The maximum absolute atomic E-state index is 5.18. The number of benzene rings is 7. The Balaban J connectivity index is 1.14. The normalized spacial score (nSPS) is 12.2. The van der Waals surface area contributed by atoms with Crippen molar-refractivity contribution >= 4 is 91.7 Å². The number of hydrogen-bond donors (Lipinski definition) is 0. The van der Waals surface area contributed by atoms with Crippen molar-refractivity contribution in [1.82, 2.24) is 14.4 Å². The zero-order valence-electron chi connectivity index (χ0n) is 25.7. The number of fused-ring (bicyclic) bond motifs is 14. The van der Waals surface area contributed by atoms with Gasteiger partial charge in [0.05, 0.1) is 32.3 Å². The van der Waals surface area contributed by atoms with Crippen molar-refractivity contribution in [2.75, 3.05) is 0 Å². The molecule has 0 aliphatic carbocycles. The summed E-state index contributed by atoms with van der Waals surface area (Å²) < 4.78 is 4.85. The molecule has 0 saturated carbocycles. The quantitative estimate of drug-likeness (QED) is 0.179. The molecule has 0 radical (unpaired) electrons. The summed E-state index contributed by atoms with van der Waals surface area (Å²) in [6, 6.07) is 54.7. The number of pyridine rings is 2. The molecule has 0 aliphatic heterocycles. The number of para-hydroxylation sites is 3. The lowest BCUT2D eigenvalue weighted by atomic mass is 9.95. The second kappa shape index (κ2) is 9.71.